The lowest BCUT2D eigenvalue weighted by Crippen LogP contribution is -2.06. The van der Waals surface area contributed by atoms with Crippen LogP contribution in [0.5, 0.6) is 5.75 Å². The molecule has 1 aromatic heterocycles. The number of rotatable bonds is 4. The first-order valence-corrected chi connectivity index (χ1v) is 5.19. The molecule has 0 saturated carbocycles. The Morgan fingerprint density at radius 1 is 1.56 bits per heavy atom. The number of hydrogen-bond acceptors (Lipinski definition) is 3. The first-order valence-electron chi connectivity index (χ1n) is 5.19. The van der Waals surface area contributed by atoms with Crippen molar-refractivity contribution in [1.82, 2.24) is 9.55 Å². The monoisotopic (exact) mass is 250 g/mol. The van der Waals surface area contributed by atoms with Gasteiger partial charge >= 0.3 is 5.97 Å². The number of carboxylic acid groups (broad SMARTS) is 1. The Hall–Kier alpha value is -2.37. The van der Waals surface area contributed by atoms with Crippen molar-refractivity contribution >= 4 is 5.97 Å². The summed E-state index contributed by atoms with van der Waals surface area (Å²) in [7, 11) is 1.79. The van der Waals surface area contributed by atoms with Gasteiger partial charge in [0, 0.05) is 13.1 Å². The largest absolute Gasteiger partial charge is 0.486 e. The maximum absolute atomic E-state index is 13.1. The van der Waals surface area contributed by atoms with Crippen LogP contribution in [0.15, 0.2) is 30.7 Å². The van der Waals surface area contributed by atoms with Gasteiger partial charge in [0.25, 0.3) is 0 Å². The molecule has 0 unspecified atom stereocenters. The average molecular weight is 250 g/mol. The molecule has 1 heterocycles. The van der Waals surface area contributed by atoms with Crippen molar-refractivity contribution in [1.29, 1.82) is 0 Å². The number of aromatic carboxylic acids is 1. The van der Waals surface area contributed by atoms with Crippen LogP contribution in [0.2, 0.25) is 0 Å². The standard InChI is InChI=1S/C12H11FN2O3/c1-15-7-14-5-9(15)6-18-11-4-8(13)2-3-10(11)12(16)17/h2-5,7H,6H2,1H3,(H,16,17). The van der Waals surface area contributed by atoms with E-state index in [0.717, 1.165) is 17.8 Å². The number of carboxylic acids is 1. The average Bonchev–Trinajstić information content (AvgIpc) is 2.72. The van der Waals surface area contributed by atoms with Crippen LogP contribution in [-0.2, 0) is 13.7 Å². The minimum Gasteiger partial charge on any atom is -0.486 e. The number of imidazole rings is 1. The molecule has 0 spiro atoms. The third-order valence-electron chi connectivity index (χ3n) is 2.47. The maximum Gasteiger partial charge on any atom is 0.339 e. The summed E-state index contributed by atoms with van der Waals surface area (Å²) >= 11 is 0. The van der Waals surface area contributed by atoms with Gasteiger partial charge in [-0.2, -0.15) is 0 Å². The van der Waals surface area contributed by atoms with Crippen molar-refractivity contribution in [3.63, 3.8) is 0 Å². The molecule has 0 bridgehead atoms. The Bertz CT molecular complexity index is 580. The quantitative estimate of drug-likeness (QED) is 0.899. The summed E-state index contributed by atoms with van der Waals surface area (Å²) in [4.78, 5) is 14.8. The van der Waals surface area contributed by atoms with E-state index in [2.05, 4.69) is 4.98 Å². The topological polar surface area (TPSA) is 64.4 Å². The second-order valence-corrected chi connectivity index (χ2v) is 3.73. The van der Waals surface area contributed by atoms with E-state index in [1.807, 2.05) is 0 Å². The molecule has 0 fully saturated rings. The molecule has 1 aromatic carbocycles. The number of aryl methyl sites for hydroxylation is 1. The second kappa shape index (κ2) is 4.87. The molecule has 94 valence electrons. The molecule has 0 saturated heterocycles. The number of hydrogen-bond donors (Lipinski definition) is 1. The van der Waals surface area contributed by atoms with E-state index in [1.54, 1.807) is 24.1 Å². The van der Waals surface area contributed by atoms with Crippen LogP contribution < -0.4 is 4.74 Å². The number of aromatic nitrogens is 2. The maximum atomic E-state index is 13.1. The van der Waals surface area contributed by atoms with E-state index < -0.39 is 11.8 Å². The first-order chi connectivity index (χ1) is 8.58. The predicted molar refractivity (Wildman–Crippen MR) is 60.9 cm³/mol. The second-order valence-electron chi connectivity index (χ2n) is 3.73. The Labute approximate surface area is 102 Å². The van der Waals surface area contributed by atoms with Gasteiger partial charge in [-0.1, -0.05) is 0 Å². The highest BCUT2D eigenvalue weighted by molar-refractivity contribution is 5.90. The van der Waals surface area contributed by atoms with Crippen LogP contribution in [0.1, 0.15) is 16.1 Å². The number of halogens is 1. The molecule has 0 aliphatic rings. The zero-order chi connectivity index (χ0) is 13.1. The summed E-state index contributed by atoms with van der Waals surface area (Å²) in [5.74, 6) is -1.70. The molecule has 6 heteroatoms. The van der Waals surface area contributed by atoms with Gasteiger partial charge in [0.05, 0.1) is 18.2 Å². The number of carbonyl (C=O) groups is 1. The highest BCUT2D eigenvalue weighted by Gasteiger charge is 2.12. The summed E-state index contributed by atoms with van der Waals surface area (Å²) in [5, 5.41) is 8.95. The van der Waals surface area contributed by atoms with E-state index in [-0.39, 0.29) is 17.9 Å². The van der Waals surface area contributed by atoms with E-state index in [9.17, 15) is 9.18 Å². The lowest BCUT2D eigenvalue weighted by atomic mass is 10.2. The van der Waals surface area contributed by atoms with Gasteiger partial charge in [0.1, 0.15) is 23.7 Å². The van der Waals surface area contributed by atoms with Gasteiger partial charge in [-0.3, -0.25) is 0 Å². The van der Waals surface area contributed by atoms with Gasteiger partial charge in [-0.05, 0) is 12.1 Å². The van der Waals surface area contributed by atoms with Gasteiger partial charge in [0.15, 0.2) is 0 Å². The molecule has 2 rings (SSSR count). The molecular weight excluding hydrogens is 239 g/mol. The molecule has 5 nitrogen and oxygen atoms in total. The molecule has 0 amide bonds. The molecule has 0 atom stereocenters. The van der Waals surface area contributed by atoms with Gasteiger partial charge in [-0.25, -0.2) is 14.2 Å². The van der Waals surface area contributed by atoms with E-state index in [1.165, 1.54) is 6.07 Å². The van der Waals surface area contributed by atoms with Crippen molar-refractivity contribution in [2.75, 3.05) is 0 Å². The Morgan fingerprint density at radius 3 is 2.94 bits per heavy atom. The van der Waals surface area contributed by atoms with E-state index in [0.29, 0.717) is 0 Å². The van der Waals surface area contributed by atoms with Crippen LogP contribution >= 0.6 is 0 Å². The fraction of sp³-hybridized carbons (Fsp3) is 0.167. The highest BCUT2D eigenvalue weighted by Crippen LogP contribution is 2.21. The van der Waals surface area contributed by atoms with Crippen LogP contribution in [0, 0.1) is 5.82 Å². The van der Waals surface area contributed by atoms with E-state index in [4.69, 9.17) is 9.84 Å². The van der Waals surface area contributed by atoms with Crippen LogP contribution in [0.25, 0.3) is 0 Å². The molecule has 1 N–H and O–H groups in total. The van der Waals surface area contributed by atoms with Gasteiger partial charge in [0.2, 0.25) is 0 Å². The Balaban J connectivity index is 2.20. The van der Waals surface area contributed by atoms with Crippen LogP contribution in [0.3, 0.4) is 0 Å². The summed E-state index contributed by atoms with van der Waals surface area (Å²) in [6.07, 6.45) is 3.20. The number of nitrogens with zero attached hydrogens (tertiary/aromatic N) is 2. The minimum absolute atomic E-state index is 0.00343. The SMILES string of the molecule is Cn1cncc1COc1cc(F)ccc1C(=O)O. The summed E-state index contributed by atoms with van der Waals surface area (Å²) < 4.78 is 20.1. The minimum atomic E-state index is -1.16. The summed E-state index contributed by atoms with van der Waals surface area (Å²) in [5.41, 5.74) is 0.689. The van der Waals surface area contributed by atoms with Crippen LogP contribution in [-0.4, -0.2) is 20.6 Å². The lowest BCUT2D eigenvalue weighted by molar-refractivity contribution is 0.0691. The van der Waals surface area contributed by atoms with Crippen molar-refractivity contribution in [3.05, 3.63) is 47.8 Å². The fourth-order valence-corrected chi connectivity index (χ4v) is 1.47. The zero-order valence-electron chi connectivity index (χ0n) is 9.63. The first kappa shape index (κ1) is 12.1. The molecule has 0 radical (unpaired) electrons. The fourth-order valence-electron chi connectivity index (χ4n) is 1.47. The summed E-state index contributed by atoms with van der Waals surface area (Å²) in [6, 6.07) is 3.32. The lowest BCUT2D eigenvalue weighted by Gasteiger charge is -2.09. The predicted octanol–water partition coefficient (Wildman–Crippen LogP) is 1.84. The summed E-state index contributed by atoms with van der Waals surface area (Å²) in [6.45, 7) is 0.125. The molecule has 0 aliphatic carbocycles. The van der Waals surface area contributed by atoms with Crippen molar-refractivity contribution in [3.8, 4) is 5.75 Å². The Morgan fingerprint density at radius 2 is 2.33 bits per heavy atom. The van der Waals surface area contributed by atoms with Gasteiger partial charge in [-0.15, -0.1) is 0 Å². The van der Waals surface area contributed by atoms with Gasteiger partial charge < -0.3 is 14.4 Å². The normalized spacial score (nSPS) is 10.3. The third-order valence-corrected chi connectivity index (χ3v) is 2.47. The van der Waals surface area contributed by atoms with Crippen molar-refractivity contribution in [2.45, 2.75) is 6.61 Å². The Kier molecular flexibility index (Phi) is 3.27. The van der Waals surface area contributed by atoms with Crippen molar-refractivity contribution in [2.24, 2.45) is 7.05 Å². The molecule has 2 aromatic rings. The number of benzene rings is 1. The van der Waals surface area contributed by atoms with Crippen LogP contribution in [0.4, 0.5) is 4.39 Å². The van der Waals surface area contributed by atoms with E-state index >= 15 is 0 Å². The molecule has 0 aliphatic heterocycles. The van der Waals surface area contributed by atoms with Crippen molar-refractivity contribution < 1.29 is 19.0 Å². The highest BCUT2D eigenvalue weighted by atomic mass is 19.1. The molecule has 18 heavy (non-hydrogen) atoms. The smallest absolute Gasteiger partial charge is 0.339 e. The molecular formula is C12H11FN2O3. The number of ether oxygens (including phenoxy) is 1. The zero-order valence-corrected chi connectivity index (χ0v) is 9.63. The third kappa shape index (κ3) is 2.48.